The average Bonchev–Trinajstić information content (AvgIpc) is 1.78. The van der Waals surface area contributed by atoms with E-state index in [0.717, 1.165) is 0 Å². The molecule has 7 nitrogen and oxygen atoms in total. The smallest absolute Gasteiger partial charge is 0.402 e. The first-order chi connectivity index (χ1) is 5.83. The number of cyclic esters (lactones) is 2. The maximum atomic E-state index is 10.9. The molecule has 0 unspecified atom stereocenters. The van der Waals surface area contributed by atoms with Crippen LogP contribution in [0.25, 0.3) is 0 Å². The van der Waals surface area contributed by atoms with Gasteiger partial charge < -0.3 is 9.47 Å². The van der Waals surface area contributed by atoms with Crippen molar-refractivity contribution in [1.29, 1.82) is 0 Å². The Morgan fingerprint density at radius 3 is 2.00 bits per heavy atom. The van der Waals surface area contributed by atoms with Gasteiger partial charge in [0.05, 0.1) is 0 Å². The van der Waals surface area contributed by atoms with Crippen LogP contribution in [0, 0.1) is 10.1 Å². The molecule has 1 heterocycles. The average molecular weight is 189 g/mol. The second-order valence-electron chi connectivity index (χ2n) is 2.93. The molecule has 7 heteroatoms. The summed E-state index contributed by atoms with van der Waals surface area (Å²) in [4.78, 5) is 30.9. The van der Waals surface area contributed by atoms with Gasteiger partial charge in [-0.1, -0.05) is 0 Å². The molecule has 0 aliphatic carbocycles. The maximum absolute atomic E-state index is 10.9. The van der Waals surface area contributed by atoms with Gasteiger partial charge in [0, 0.05) is 18.8 Å². The number of hydrogen-bond donors (Lipinski definition) is 0. The number of rotatable bonds is 1. The van der Waals surface area contributed by atoms with Gasteiger partial charge in [0.25, 0.3) is 5.79 Å². The summed E-state index contributed by atoms with van der Waals surface area (Å²) in [5.41, 5.74) is 0. The van der Waals surface area contributed by atoms with Crippen molar-refractivity contribution in [3.05, 3.63) is 10.1 Å². The number of nitro groups is 1. The van der Waals surface area contributed by atoms with Gasteiger partial charge in [0.2, 0.25) is 0 Å². The van der Waals surface area contributed by atoms with Gasteiger partial charge in [0.1, 0.15) is 0 Å². The lowest BCUT2D eigenvalue weighted by molar-refractivity contribution is -0.506. The van der Waals surface area contributed by atoms with Crippen LogP contribution in [0.4, 0.5) is 0 Å². The van der Waals surface area contributed by atoms with Crippen molar-refractivity contribution in [2.75, 3.05) is 0 Å². The zero-order chi connectivity index (χ0) is 10.2. The number of hydrogen-bond acceptors (Lipinski definition) is 6. The van der Waals surface area contributed by atoms with Crippen LogP contribution in [-0.2, 0) is 19.1 Å². The highest BCUT2D eigenvalue weighted by Crippen LogP contribution is 2.20. The Labute approximate surface area is 72.8 Å². The Hall–Kier alpha value is -1.66. The molecular formula is C6H7NO6. The maximum Gasteiger partial charge on any atom is 0.402 e. The van der Waals surface area contributed by atoms with E-state index in [1.807, 2.05) is 0 Å². The summed E-state index contributed by atoms with van der Waals surface area (Å²) in [6.45, 7) is 2.64. The quantitative estimate of drug-likeness (QED) is 0.238. The molecule has 0 bridgehead atoms. The lowest BCUT2D eigenvalue weighted by Gasteiger charge is -2.29. The molecule has 0 radical (unpaired) electrons. The minimum Gasteiger partial charge on any atom is -0.418 e. The van der Waals surface area contributed by atoms with Gasteiger partial charge in [-0.3, -0.25) is 10.1 Å². The molecule has 1 aliphatic rings. The molecule has 1 rings (SSSR count). The van der Waals surface area contributed by atoms with Crippen LogP contribution in [0.5, 0.6) is 0 Å². The molecule has 72 valence electrons. The zero-order valence-corrected chi connectivity index (χ0v) is 6.97. The molecule has 0 atom stereocenters. The predicted octanol–water partition coefficient (Wildman–Crippen LogP) is -0.532. The topological polar surface area (TPSA) is 95.7 Å². The van der Waals surface area contributed by atoms with Gasteiger partial charge in [-0.15, -0.1) is 0 Å². The summed E-state index contributed by atoms with van der Waals surface area (Å²) in [5, 5.41) is 10.2. The van der Waals surface area contributed by atoms with Crippen molar-refractivity contribution in [3.8, 4) is 0 Å². The summed E-state index contributed by atoms with van der Waals surface area (Å²) in [7, 11) is 0. The van der Waals surface area contributed by atoms with Crippen molar-refractivity contribution in [1.82, 2.24) is 0 Å². The van der Waals surface area contributed by atoms with Crippen molar-refractivity contribution < 1.29 is 24.0 Å². The van der Waals surface area contributed by atoms with E-state index < -0.39 is 28.7 Å². The Morgan fingerprint density at radius 1 is 1.31 bits per heavy atom. The summed E-state index contributed by atoms with van der Waals surface area (Å²) < 4.78 is 8.99. The summed E-state index contributed by atoms with van der Waals surface area (Å²) >= 11 is 0. The highest BCUT2D eigenvalue weighted by atomic mass is 16.8. The van der Waals surface area contributed by atoms with Crippen LogP contribution in [0.15, 0.2) is 0 Å². The highest BCUT2D eigenvalue weighted by molar-refractivity contribution is 5.99. The van der Waals surface area contributed by atoms with Crippen LogP contribution < -0.4 is 0 Å². The molecule has 13 heavy (non-hydrogen) atoms. The largest absolute Gasteiger partial charge is 0.418 e. The molecule has 0 aromatic rings. The first-order valence-electron chi connectivity index (χ1n) is 3.43. The van der Waals surface area contributed by atoms with Crippen LogP contribution in [0.2, 0.25) is 0 Å². The first kappa shape index (κ1) is 9.43. The van der Waals surface area contributed by atoms with E-state index >= 15 is 0 Å². The fourth-order valence-electron chi connectivity index (χ4n) is 0.885. The SMILES string of the molecule is CC1(C)OC(=O)C([N+](=O)[O-])C(=O)O1. The Bertz CT molecular complexity index is 263. The molecule has 0 saturated carbocycles. The number of ether oxygens (including phenoxy) is 2. The molecule has 0 aromatic carbocycles. The Balaban J connectivity index is 2.89. The molecule has 0 amide bonds. The summed E-state index contributed by atoms with van der Waals surface area (Å²) in [5.74, 6) is -3.79. The second-order valence-corrected chi connectivity index (χ2v) is 2.93. The first-order valence-corrected chi connectivity index (χ1v) is 3.43. The molecule has 1 aliphatic heterocycles. The third kappa shape index (κ3) is 1.74. The Morgan fingerprint density at radius 2 is 1.69 bits per heavy atom. The molecule has 1 fully saturated rings. The highest BCUT2D eigenvalue weighted by Gasteiger charge is 2.51. The van der Waals surface area contributed by atoms with Crippen LogP contribution >= 0.6 is 0 Å². The van der Waals surface area contributed by atoms with E-state index in [1.54, 1.807) is 0 Å². The third-order valence-electron chi connectivity index (χ3n) is 1.35. The lowest BCUT2D eigenvalue weighted by Crippen LogP contribution is -2.52. The van der Waals surface area contributed by atoms with Crippen molar-refractivity contribution in [2.45, 2.75) is 25.7 Å². The number of esters is 2. The number of nitrogens with zero attached hydrogens (tertiary/aromatic N) is 1. The van der Waals surface area contributed by atoms with E-state index in [-0.39, 0.29) is 0 Å². The normalized spacial score (nSPS) is 22.0. The van der Waals surface area contributed by atoms with Gasteiger partial charge in [-0.05, 0) is 0 Å². The fraction of sp³-hybridized carbons (Fsp3) is 0.667. The van der Waals surface area contributed by atoms with Gasteiger partial charge in [-0.2, -0.15) is 0 Å². The van der Waals surface area contributed by atoms with E-state index in [2.05, 4.69) is 9.47 Å². The van der Waals surface area contributed by atoms with Crippen molar-refractivity contribution in [2.24, 2.45) is 0 Å². The van der Waals surface area contributed by atoms with E-state index in [9.17, 15) is 19.7 Å². The second kappa shape index (κ2) is 2.68. The molecule has 1 saturated heterocycles. The van der Waals surface area contributed by atoms with Crippen LogP contribution in [0.1, 0.15) is 13.8 Å². The number of carbonyl (C=O) groups excluding carboxylic acids is 2. The van der Waals surface area contributed by atoms with Crippen molar-refractivity contribution >= 4 is 11.9 Å². The standard InChI is InChI=1S/C6H7NO6/c1-6(2)12-4(8)3(7(10)11)5(9)13-6/h3H,1-2H3. The van der Waals surface area contributed by atoms with Gasteiger partial charge in [-0.25, -0.2) is 9.59 Å². The van der Waals surface area contributed by atoms with Gasteiger partial charge in [0.15, 0.2) is 0 Å². The number of carbonyl (C=O) groups is 2. The lowest BCUT2D eigenvalue weighted by atomic mass is 10.2. The third-order valence-corrected chi connectivity index (χ3v) is 1.35. The molecule has 0 aromatic heterocycles. The van der Waals surface area contributed by atoms with Crippen LogP contribution in [-0.4, -0.2) is 28.7 Å². The van der Waals surface area contributed by atoms with E-state index in [1.165, 1.54) is 13.8 Å². The molecule has 0 N–H and O–H groups in total. The van der Waals surface area contributed by atoms with Gasteiger partial charge >= 0.3 is 18.0 Å². The summed E-state index contributed by atoms with van der Waals surface area (Å²) in [6.07, 6.45) is 0. The monoisotopic (exact) mass is 189 g/mol. The van der Waals surface area contributed by atoms with Crippen LogP contribution in [0.3, 0.4) is 0 Å². The van der Waals surface area contributed by atoms with E-state index in [4.69, 9.17) is 0 Å². The molecular weight excluding hydrogens is 182 g/mol. The minimum atomic E-state index is -2.05. The predicted molar refractivity (Wildman–Crippen MR) is 37.0 cm³/mol. The molecule has 0 spiro atoms. The zero-order valence-electron chi connectivity index (χ0n) is 6.97. The minimum absolute atomic E-state index is 1.04. The Kier molecular flexibility index (Phi) is 1.94. The van der Waals surface area contributed by atoms with E-state index in [0.29, 0.717) is 0 Å². The fourth-order valence-corrected chi connectivity index (χ4v) is 0.885. The van der Waals surface area contributed by atoms with Crippen molar-refractivity contribution in [3.63, 3.8) is 0 Å². The summed E-state index contributed by atoms with van der Waals surface area (Å²) in [6, 6.07) is -2.05.